The van der Waals surface area contributed by atoms with Gasteiger partial charge in [0.1, 0.15) is 5.75 Å². The highest BCUT2D eigenvalue weighted by Crippen LogP contribution is 2.27. The third-order valence-electron chi connectivity index (χ3n) is 2.68. The highest BCUT2D eigenvalue weighted by atomic mass is 79.9. The summed E-state index contributed by atoms with van der Waals surface area (Å²) < 4.78 is 5.87. The molecule has 0 atom stereocenters. The molecule has 0 aliphatic heterocycles. The van der Waals surface area contributed by atoms with Crippen LogP contribution in [0.1, 0.15) is 10.4 Å². The van der Waals surface area contributed by atoms with Crippen LogP contribution >= 0.6 is 27.5 Å². The van der Waals surface area contributed by atoms with Crippen LogP contribution in [0.15, 0.2) is 40.9 Å². The van der Waals surface area contributed by atoms with Crippen molar-refractivity contribution in [1.82, 2.24) is 0 Å². The van der Waals surface area contributed by atoms with E-state index in [4.69, 9.17) is 22.1 Å². The van der Waals surface area contributed by atoms with E-state index < -0.39 is 0 Å². The molecule has 0 heterocycles. The highest BCUT2D eigenvalue weighted by molar-refractivity contribution is 9.10. The van der Waals surface area contributed by atoms with Gasteiger partial charge in [0.25, 0.3) is 5.91 Å². The Hall–Kier alpha value is -1.72. The first-order chi connectivity index (χ1) is 9.51. The molecule has 2 rings (SSSR count). The molecule has 1 amide bonds. The van der Waals surface area contributed by atoms with Crippen LogP contribution in [0.4, 0.5) is 11.4 Å². The van der Waals surface area contributed by atoms with Gasteiger partial charge in [-0.1, -0.05) is 27.5 Å². The Morgan fingerprint density at radius 3 is 2.75 bits per heavy atom. The van der Waals surface area contributed by atoms with Crippen LogP contribution < -0.4 is 15.8 Å². The summed E-state index contributed by atoms with van der Waals surface area (Å²) in [5.41, 5.74) is 7.12. The number of nitrogens with two attached hydrogens (primary N) is 1. The molecule has 0 aliphatic rings. The second-order valence-electron chi connectivity index (χ2n) is 4.03. The zero-order valence-corrected chi connectivity index (χ0v) is 13.0. The summed E-state index contributed by atoms with van der Waals surface area (Å²) in [4.78, 5) is 12.2. The quantitative estimate of drug-likeness (QED) is 0.820. The molecule has 0 unspecified atom stereocenters. The van der Waals surface area contributed by atoms with E-state index >= 15 is 0 Å². The number of carbonyl (C=O) groups excluding carboxylic acids is 1. The minimum absolute atomic E-state index is 0.337. The van der Waals surface area contributed by atoms with Crippen LogP contribution in [0.3, 0.4) is 0 Å². The number of nitrogens with one attached hydrogen (secondary N) is 1. The van der Waals surface area contributed by atoms with Crippen LogP contribution in [0, 0.1) is 0 Å². The van der Waals surface area contributed by atoms with Gasteiger partial charge in [0.15, 0.2) is 0 Å². The Morgan fingerprint density at radius 2 is 2.05 bits per heavy atom. The Labute approximate surface area is 130 Å². The smallest absolute Gasteiger partial charge is 0.257 e. The first kappa shape index (κ1) is 14.7. The van der Waals surface area contributed by atoms with Crippen molar-refractivity contribution < 1.29 is 9.53 Å². The van der Waals surface area contributed by atoms with E-state index in [1.54, 1.807) is 43.5 Å². The Kier molecular flexibility index (Phi) is 4.52. The van der Waals surface area contributed by atoms with Crippen molar-refractivity contribution in [2.45, 2.75) is 0 Å². The third kappa shape index (κ3) is 3.23. The molecule has 3 N–H and O–H groups in total. The van der Waals surface area contributed by atoms with Crippen LogP contribution in [0.25, 0.3) is 0 Å². The molecular formula is C14H12BrClN2O2. The van der Waals surface area contributed by atoms with E-state index in [0.29, 0.717) is 27.7 Å². The van der Waals surface area contributed by atoms with Crippen molar-refractivity contribution in [2.24, 2.45) is 0 Å². The van der Waals surface area contributed by atoms with E-state index in [9.17, 15) is 4.79 Å². The molecule has 0 radical (unpaired) electrons. The Bertz CT molecular complexity index is 662. The van der Waals surface area contributed by atoms with E-state index in [0.717, 1.165) is 4.47 Å². The van der Waals surface area contributed by atoms with Gasteiger partial charge in [0.2, 0.25) is 0 Å². The summed E-state index contributed by atoms with van der Waals surface area (Å²) >= 11 is 9.32. The lowest BCUT2D eigenvalue weighted by Crippen LogP contribution is -2.13. The topological polar surface area (TPSA) is 64.3 Å². The zero-order chi connectivity index (χ0) is 14.7. The lowest BCUT2D eigenvalue weighted by molar-refractivity contribution is 0.102. The van der Waals surface area contributed by atoms with Crippen molar-refractivity contribution in [3.8, 4) is 5.75 Å². The van der Waals surface area contributed by atoms with Crippen molar-refractivity contribution >= 4 is 44.8 Å². The monoisotopic (exact) mass is 354 g/mol. The second-order valence-corrected chi connectivity index (χ2v) is 5.35. The summed E-state index contributed by atoms with van der Waals surface area (Å²) in [5.74, 6) is 0.270. The molecule has 0 saturated carbocycles. The van der Waals surface area contributed by atoms with Gasteiger partial charge in [-0.25, -0.2) is 0 Å². The van der Waals surface area contributed by atoms with Gasteiger partial charge in [0, 0.05) is 10.5 Å². The van der Waals surface area contributed by atoms with Gasteiger partial charge in [-0.05, 0) is 30.3 Å². The number of amides is 1. The van der Waals surface area contributed by atoms with Gasteiger partial charge in [-0.2, -0.15) is 0 Å². The first-order valence-corrected chi connectivity index (χ1v) is 6.88. The van der Waals surface area contributed by atoms with Gasteiger partial charge in [0.05, 0.1) is 29.1 Å². The molecule has 20 heavy (non-hydrogen) atoms. The van der Waals surface area contributed by atoms with Crippen LogP contribution in [-0.4, -0.2) is 13.0 Å². The van der Waals surface area contributed by atoms with Crippen LogP contribution in [-0.2, 0) is 0 Å². The number of halogens is 2. The SMILES string of the molecule is COc1ccc(N)c(NC(=O)c2cc(Br)ccc2Cl)c1. The molecule has 0 fully saturated rings. The number of rotatable bonds is 3. The van der Waals surface area contributed by atoms with Crippen molar-refractivity contribution in [3.05, 3.63) is 51.5 Å². The predicted octanol–water partition coefficient (Wildman–Crippen LogP) is 3.95. The highest BCUT2D eigenvalue weighted by Gasteiger charge is 2.13. The van der Waals surface area contributed by atoms with Gasteiger partial charge in [-0.3, -0.25) is 4.79 Å². The normalized spacial score (nSPS) is 10.2. The van der Waals surface area contributed by atoms with E-state index in [1.807, 2.05) is 0 Å². The fourth-order valence-corrected chi connectivity index (χ4v) is 2.20. The number of benzene rings is 2. The lowest BCUT2D eigenvalue weighted by Gasteiger charge is -2.11. The van der Waals surface area contributed by atoms with Gasteiger partial charge in [-0.15, -0.1) is 0 Å². The van der Waals surface area contributed by atoms with E-state index in [-0.39, 0.29) is 5.91 Å². The van der Waals surface area contributed by atoms with Gasteiger partial charge >= 0.3 is 0 Å². The number of hydrogen-bond donors (Lipinski definition) is 2. The minimum atomic E-state index is -0.337. The molecule has 2 aromatic carbocycles. The molecule has 0 bridgehead atoms. The maximum absolute atomic E-state index is 12.2. The van der Waals surface area contributed by atoms with Crippen molar-refractivity contribution in [3.63, 3.8) is 0 Å². The number of hydrogen-bond acceptors (Lipinski definition) is 3. The fraction of sp³-hybridized carbons (Fsp3) is 0.0714. The largest absolute Gasteiger partial charge is 0.497 e. The summed E-state index contributed by atoms with van der Waals surface area (Å²) in [7, 11) is 1.54. The number of ether oxygens (including phenoxy) is 1. The minimum Gasteiger partial charge on any atom is -0.497 e. The van der Waals surface area contributed by atoms with E-state index in [1.165, 1.54) is 0 Å². The predicted molar refractivity (Wildman–Crippen MR) is 84.5 cm³/mol. The Balaban J connectivity index is 2.30. The summed E-state index contributed by atoms with van der Waals surface area (Å²) in [6, 6.07) is 10.1. The number of methoxy groups -OCH3 is 1. The number of carbonyl (C=O) groups is 1. The lowest BCUT2D eigenvalue weighted by atomic mass is 10.2. The molecule has 104 valence electrons. The van der Waals surface area contributed by atoms with Gasteiger partial charge < -0.3 is 15.8 Å². The molecule has 6 heteroatoms. The average Bonchev–Trinajstić information content (AvgIpc) is 2.43. The summed E-state index contributed by atoms with van der Waals surface area (Å²) in [5, 5.41) is 3.09. The van der Waals surface area contributed by atoms with E-state index in [2.05, 4.69) is 21.2 Å². The third-order valence-corrected chi connectivity index (χ3v) is 3.50. The molecule has 0 aromatic heterocycles. The van der Waals surface area contributed by atoms with Crippen LogP contribution in [0.5, 0.6) is 5.75 Å². The Morgan fingerprint density at radius 1 is 1.30 bits per heavy atom. The molecule has 0 spiro atoms. The van der Waals surface area contributed by atoms with Crippen molar-refractivity contribution in [1.29, 1.82) is 0 Å². The second kappa shape index (κ2) is 6.15. The molecule has 0 saturated heterocycles. The number of anilines is 2. The maximum Gasteiger partial charge on any atom is 0.257 e. The zero-order valence-electron chi connectivity index (χ0n) is 10.6. The summed E-state index contributed by atoms with van der Waals surface area (Å²) in [6.07, 6.45) is 0. The van der Waals surface area contributed by atoms with Crippen LogP contribution in [0.2, 0.25) is 5.02 Å². The molecule has 0 aliphatic carbocycles. The van der Waals surface area contributed by atoms with Crippen molar-refractivity contribution in [2.75, 3.05) is 18.2 Å². The average molecular weight is 356 g/mol. The first-order valence-electron chi connectivity index (χ1n) is 5.71. The molecule has 2 aromatic rings. The number of nitrogen functional groups attached to an aromatic ring is 1. The molecule has 4 nitrogen and oxygen atoms in total. The maximum atomic E-state index is 12.2. The fourth-order valence-electron chi connectivity index (χ4n) is 1.63. The standard InChI is InChI=1S/C14H12BrClN2O2/c1-20-9-3-5-12(17)13(7-9)18-14(19)10-6-8(15)2-4-11(10)16/h2-7H,17H2,1H3,(H,18,19). The summed E-state index contributed by atoms with van der Waals surface area (Å²) in [6.45, 7) is 0. The molecular weight excluding hydrogens is 344 g/mol.